The molecule has 3 nitrogen and oxygen atoms in total. The van der Waals surface area contributed by atoms with Crippen molar-refractivity contribution in [2.45, 2.75) is 57.2 Å². The lowest BCUT2D eigenvalue weighted by Gasteiger charge is -2.16. The largest absolute Gasteiger partial charge is 0.353 e. The Kier molecular flexibility index (Phi) is 6.43. The molecule has 1 fully saturated rings. The number of carbonyl (C=O) groups is 1. The van der Waals surface area contributed by atoms with Gasteiger partial charge in [-0.3, -0.25) is 9.00 Å². The van der Waals surface area contributed by atoms with Gasteiger partial charge in [0.25, 0.3) is 0 Å². The zero-order chi connectivity index (χ0) is 15.1. The first-order valence-corrected chi connectivity index (χ1v) is 9.33. The molecule has 1 aliphatic rings. The maximum Gasteiger partial charge on any atom is 0.232 e. The van der Waals surface area contributed by atoms with E-state index >= 15 is 0 Å². The second-order valence-corrected chi connectivity index (χ2v) is 7.37. The van der Waals surface area contributed by atoms with Crippen molar-refractivity contribution in [2.75, 3.05) is 5.75 Å². The smallest absolute Gasteiger partial charge is 0.232 e. The number of nitrogens with one attached hydrogen (secondary N) is 1. The topological polar surface area (TPSA) is 46.2 Å². The second kappa shape index (κ2) is 8.32. The van der Waals surface area contributed by atoms with Gasteiger partial charge in [0.05, 0.1) is 0 Å². The Morgan fingerprint density at radius 2 is 1.86 bits per heavy atom. The highest BCUT2D eigenvalue weighted by molar-refractivity contribution is 7.84. The molecule has 0 bridgehead atoms. The van der Waals surface area contributed by atoms with E-state index in [4.69, 9.17) is 0 Å². The van der Waals surface area contributed by atoms with Crippen molar-refractivity contribution < 1.29 is 9.00 Å². The van der Waals surface area contributed by atoms with Crippen molar-refractivity contribution in [2.24, 2.45) is 0 Å². The van der Waals surface area contributed by atoms with E-state index in [9.17, 15) is 9.00 Å². The first-order valence-electron chi connectivity index (χ1n) is 7.84. The average Bonchev–Trinajstić information content (AvgIpc) is 2.69. The van der Waals surface area contributed by atoms with Crippen LogP contribution in [0.25, 0.3) is 0 Å². The zero-order valence-corrected chi connectivity index (χ0v) is 13.6. The van der Waals surface area contributed by atoms with Crippen LogP contribution in [0.4, 0.5) is 0 Å². The number of hydrogen-bond donors (Lipinski definition) is 1. The summed E-state index contributed by atoms with van der Waals surface area (Å²) in [6.45, 7) is 2.01. The molecule has 1 unspecified atom stereocenters. The molecule has 1 aromatic carbocycles. The Morgan fingerprint density at radius 1 is 1.19 bits per heavy atom. The number of amides is 1. The van der Waals surface area contributed by atoms with E-state index in [0.29, 0.717) is 5.75 Å². The van der Waals surface area contributed by atoms with Gasteiger partial charge in [-0.2, -0.15) is 0 Å². The number of benzene rings is 1. The Labute approximate surface area is 130 Å². The van der Waals surface area contributed by atoms with Gasteiger partial charge in [0.15, 0.2) is 0 Å². The van der Waals surface area contributed by atoms with Gasteiger partial charge in [-0.05, 0) is 30.9 Å². The molecule has 4 heteroatoms. The van der Waals surface area contributed by atoms with Crippen LogP contribution in [0.1, 0.15) is 49.7 Å². The molecular weight excluding hydrogens is 282 g/mol. The van der Waals surface area contributed by atoms with E-state index in [1.807, 2.05) is 31.2 Å². The summed E-state index contributed by atoms with van der Waals surface area (Å²) in [5.74, 6) is 0.518. The molecule has 2 rings (SSSR count). The average molecular weight is 307 g/mol. The van der Waals surface area contributed by atoms with Crippen LogP contribution in [0.5, 0.6) is 0 Å². The summed E-state index contributed by atoms with van der Waals surface area (Å²) in [5.41, 5.74) is 2.20. The Hall–Kier alpha value is -1.16. The summed E-state index contributed by atoms with van der Waals surface area (Å²) in [4.78, 5) is 12.0. The minimum Gasteiger partial charge on any atom is -0.353 e. The van der Waals surface area contributed by atoms with Crippen molar-refractivity contribution >= 4 is 16.7 Å². The van der Waals surface area contributed by atoms with Gasteiger partial charge in [-0.1, -0.05) is 49.9 Å². The first-order chi connectivity index (χ1) is 10.1. The molecule has 0 saturated heterocycles. The first kappa shape index (κ1) is 16.2. The zero-order valence-electron chi connectivity index (χ0n) is 12.8. The number of carbonyl (C=O) groups excluding carboxylic acids is 1. The minimum atomic E-state index is -1.13. The monoisotopic (exact) mass is 307 g/mol. The standard InChI is InChI=1S/C17H25NO2S/c1-14-8-6-7-9-15(14)12-21(20)13-17(19)18-16-10-4-2-3-5-11-16/h6-9,16H,2-5,10-13H2,1H3,(H,18,19). The third-order valence-electron chi connectivity index (χ3n) is 4.09. The molecule has 1 amide bonds. The second-order valence-electron chi connectivity index (χ2n) is 5.91. The fourth-order valence-electron chi connectivity index (χ4n) is 2.84. The minimum absolute atomic E-state index is 0.0613. The molecule has 0 radical (unpaired) electrons. The van der Waals surface area contributed by atoms with Crippen LogP contribution >= 0.6 is 0 Å². The fourth-order valence-corrected chi connectivity index (χ4v) is 3.98. The quantitative estimate of drug-likeness (QED) is 0.850. The highest BCUT2D eigenvalue weighted by Gasteiger charge is 2.16. The van der Waals surface area contributed by atoms with Crippen LogP contribution < -0.4 is 5.32 Å². The number of rotatable bonds is 5. The molecule has 21 heavy (non-hydrogen) atoms. The normalized spacial score (nSPS) is 18.0. The lowest BCUT2D eigenvalue weighted by molar-refractivity contribution is -0.119. The number of aryl methyl sites for hydroxylation is 1. The van der Waals surface area contributed by atoms with Gasteiger partial charge in [0.1, 0.15) is 5.75 Å². The summed E-state index contributed by atoms with van der Waals surface area (Å²) in [6, 6.07) is 8.20. The van der Waals surface area contributed by atoms with Crippen molar-refractivity contribution in [1.82, 2.24) is 5.32 Å². The Balaban J connectivity index is 1.79. The fraction of sp³-hybridized carbons (Fsp3) is 0.588. The SMILES string of the molecule is Cc1ccccc1CS(=O)CC(=O)NC1CCCCCC1. The van der Waals surface area contributed by atoms with E-state index in [2.05, 4.69) is 5.32 Å². The van der Waals surface area contributed by atoms with Crippen molar-refractivity contribution in [3.63, 3.8) is 0 Å². The third kappa shape index (κ3) is 5.62. The predicted molar refractivity (Wildman–Crippen MR) is 87.5 cm³/mol. The molecule has 0 aromatic heterocycles. The molecule has 0 aliphatic heterocycles. The van der Waals surface area contributed by atoms with E-state index in [-0.39, 0.29) is 17.7 Å². The van der Waals surface area contributed by atoms with Crippen LogP contribution in [0.3, 0.4) is 0 Å². The molecule has 0 heterocycles. The third-order valence-corrected chi connectivity index (χ3v) is 5.31. The van der Waals surface area contributed by atoms with Gasteiger partial charge in [-0.15, -0.1) is 0 Å². The lowest BCUT2D eigenvalue weighted by atomic mass is 10.1. The van der Waals surface area contributed by atoms with Gasteiger partial charge < -0.3 is 5.32 Å². The van der Waals surface area contributed by atoms with E-state index < -0.39 is 10.8 Å². The van der Waals surface area contributed by atoms with Gasteiger partial charge in [0.2, 0.25) is 5.91 Å². The highest BCUT2D eigenvalue weighted by atomic mass is 32.2. The van der Waals surface area contributed by atoms with Crippen molar-refractivity contribution in [3.05, 3.63) is 35.4 Å². The summed E-state index contributed by atoms with van der Waals surface area (Å²) >= 11 is 0. The highest BCUT2D eigenvalue weighted by Crippen LogP contribution is 2.17. The Morgan fingerprint density at radius 3 is 2.52 bits per heavy atom. The summed E-state index contributed by atoms with van der Waals surface area (Å²) < 4.78 is 12.1. The van der Waals surface area contributed by atoms with E-state index in [1.165, 1.54) is 25.7 Å². The number of hydrogen-bond acceptors (Lipinski definition) is 2. The molecule has 1 N–H and O–H groups in total. The summed E-state index contributed by atoms with van der Waals surface area (Å²) in [7, 11) is -1.13. The van der Waals surface area contributed by atoms with Crippen LogP contribution in [0.2, 0.25) is 0 Å². The van der Waals surface area contributed by atoms with Crippen LogP contribution in [-0.2, 0) is 21.3 Å². The Bertz CT molecular complexity index is 493. The van der Waals surface area contributed by atoms with E-state index in [1.54, 1.807) is 0 Å². The summed E-state index contributed by atoms with van der Waals surface area (Å²) in [5, 5.41) is 3.06. The predicted octanol–water partition coefficient (Wildman–Crippen LogP) is 3.08. The van der Waals surface area contributed by atoms with Crippen LogP contribution in [-0.4, -0.2) is 21.9 Å². The van der Waals surface area contributed by atoms with Crippen LogP contribution in [0.15, 0.2) is 24.3 Å². The van der Waals surface area contributed by atoms with Crippen LogP contribution in [0, 0.1) is 6.92 Å². The van der Waals surface area contributed by atoms with Crippen molar-refractivity contribution in [3.8, 4) is 0 Å². The molecular formula is C17H25NO2S. The summed E-state index contributed by atoms with van der Waals surface area (Å²) in [6.07, 6.45) is 7.05. The van der Waals surface area contributed by atoms with E-state index in [0.717, 1.165) is 24.0 Å². The lowest BCUT2D eigenvalue weighted by Crippen LogP contribution is -2.37. The van der Waals surface area contributed by atoms with Crippen molar-refractivity contribution in [1.29, 1.82) is 0 Å². The molecule has 1 saturated carbocycles. The maximum atomic E-state index is 12.1. The van der Waals surface area contributed by atoms with Gasteiger partial charge >= 0.3 is 0 Å². The molecule has 1 aliphatic carbocycles. The molecule has 1 aromatic rings. The van der Waals surface area contributed by atoms with Gasteiger partial charge in [-0.25, -0.2) is 0 Å². The van der Waals surface area contributed by atoms with Gasteiger partial charge in [0, 0.05) is 22.6 Å². The molecule has 1 atom stereocenters. The molecule has 116 valence electrons. The molecule has 0 spiro atoms. The maximum absolute atomic E-state index is 12.1.